The van der Waals surface area contributed by atoms with Gasteiger partial charge in [-0.1, -0.05) is 6.07 Å². The second kappa shape index (κ2) is 4.67. The molecule has 0 radical (unpaired) electrons. The Balaban J connectivity index is 2.18. The second-order valence-corrected chi connectivity index (χ2v) is 4.98. The quantitative estimate of drug-likeness (QED) is 0.883. The number of nitrogens with zero attached hydrogens (tertiary/aromatic N) is 1. The molecule has 0 spiro atoms. The molecule has 17 heavy (non-hydrogen) atoms. The van der Waals surface area contributed by atoms with Crippen LogP contribution in [0.1, 0.15) is 26.6 Å². The predicted molar refractivity (Wildman–Crippen MR) is 70.7 cm³/mol. The normalized spacial score (nSPS) is 10.3. The molecule has 0 aliphatic heterocycles. The maximum absolute atomic E-state index is 11.9. The Morgan fingerprint density at radius 3 is 2.35 bits per heavy atom. The van der Waals surface area contributed by atoms with E-state index in [4.69, 9.17) is 0 Å². The van der Waals surface area contributed by atoms with E-state index in [2.05, 4.69) is 16.4 Å². The van der Waals surface area contributed by atoms with E-state index in [1.165, 1.54) is 11.3 Å². The number of carbonyl (C=O) groups excluding carboxylic acids is 1. The summed E-state index contributed by atoms with van der Waals surface area (Å²) in [6, 6.07) is 5.97. The summed E-state index contributed by atoms with van der Waals surface area (Å²) in [5, 5.41) is 5.24. The van der Waals surface area contributed by atoms with Crippen LogP contribution in [-0.4, -0.2) is 10.9 Å². The fourth-order valence-electron chi connectivity index (χ4n) is 1.69. The van der Waals surface area contributed by atoms with Gasteiger partial charge in [0.25, 0.3) is 5.91 Å². The highest BCUT2D eigenvalue weighted by atomic mass is 32.1. The van der Waals surface area contributed by atoms with Crippen molar-refractivity contribution in [3.8, 4) is 0 Å². The van der Waals surface area contributed by atoms with Crippen LogP contribution < -0.4 is 5.32 Å². The van der Waals surface area contributed by atoms with Gasteiger partial charge in [-0.2, -0.15) is 0 Å². The molecule has 0 aliphatic rings. The molecule has 2 rings (SSSR count). The number of rotatable bonds is 2. The lowest BCUT2D eigenvalue weighted by Gasteiger charge is -2.05. The molecule has 0 unspecified atom stereocenters. The van der Waals surface area contributed by atoms with Gasteiger partial charge < -0.3 is 5.32 Å². The average Bonchev–Trinajstić information content (AvgIpc) is 2.63. The van der Waals surface area contributed by atoms with Crippen molar-refractivity contribution in [2.45, 2.75) is 20.8 Å². The highest BCUT2D eigenvalue weighted by molar-refractivity contribution is 7.11. The van der Waals surface area contributed by atoms with E-state index in [-0.39, 0.29) is 5.91 Å². The lowest BCUT2D eigenvalue weighted by atomic mass is 10.1. The van der Waals surface area contributed by atoms with Gasteiger partial charge in [0.2, 0.25) is 0 Å². The van der Waals surface area contributed by atoms with Crippen molar-refractivity contribution in [3.05, 3.63) is 45.4 Å². The van der Waals surface area contributed by atoms with Crippen LogP contribution in [0.5, 0.6) is 0 Å². The molecule has 0 saturated heterocycles. The summed E-state index contributed by atoms with van der Waals surface area (Å²) in [5.41, 5.74) is 3.96. The number of carbonyl (C=O) groups is 1. The van der Waals surface area contributed by atoms with Crippen molar-refractivity contribution in [2.75, 3.05) is 5.32 Å². The molecular weight excluding hydrogens is 232 g/mol. The molecule has 1 aromatic heterocycles. The summed E-state index contributed by atoms with van der Waals surface area (Å²) < 4.78 is 0. The molecule has 3 nitrogen and oxygen atoms in total. The van der Waals surface area contributed by atoms with Gasteiger partial charge in [0.15, 0.2) is 5.01 Å². The maximum Gasteiger partial charge on any atom is 0.284 e. The summed E-state index contributed by atoms with van der Waals surface area (Å²) in [5.74, 6) is -0.145. The highest BCUT2D eigenvalue weighted by Gasteiger charge is 2.10. The van der Waals surface area contributed by atoms with E-state index in [1.54, 1.807) is 0 Å². The van der Waals surface area contributed by atoms with Gasteiger partial charge in [0.05, 0.1) is 0 Å². The van der Waals surface area contributed by atoms with Crippen LogP contribution in [0.25, 0.3) is 0 Å². The van der Waals surface area contributed by atoms with Crippen LogP contribution in [0.3, 0.4) is 0 Å². The molecule has 1 amide bonds. The fraction of sp³-hybridized carbons (Fsp3) is 0.231. The van der Waals surface area contributed by atoms with E-state index >= 15 is 0 Å². The lowest BCUT2D eigenvalue weighted by Crippen LogP contribution is -2.11. The molecule has 88 valence electrons. The summed E-state index contributed by atoms with van der Waals surface area (Å²) in [6.45, 7) is 5.90. The number of benzene rings is 1. The first-order chi connectivity index (χ1) is 8.04. The lowest BCUT2D eigenvalue weighted by molar-refractivity contribution is 0.102. The minimum absolute atomic E-state index is 0.145. The van der Waals surface area contributed by atoms with Crippen molar-refractivity contribution in [1.82, 2.24) is 4.98 Å². The first-order valence-corrected chi connectivity index (χ1v) is 6.24. The molecule has 0 saturated carbocycles. The first kappa shape index (κ1) is 11.8. The molecule has 0 atom stereocenters. The third-order valence-corrected chi connectivity index (χ3v) is 3.25. The minimum Gasteiger partial charge on any atom is -0.320 e. The standard InChI is InChI=1S/C13H14N2OS/c1-8-4-9(2)6-11(5-8)15-12(16)13-14-10(3)7-17-13/h4-7H,1-3H3,(H,15,16). The maximum atomic E-state index is 11.9. The van der Waals surface area contributed by atoms with Gasteiger partial charge in [-0.25, -0.2) is 4.98 Å². The summed E-state index contributed by atoms with van der Waals surface area (Å²) in [7, 11) is 0. The smallest absolute Gasteiger partial charge is 0.284 e. The molecule has 0 aliphatic carbocycles. The van der Waals surface area contributed by atoms with E-state index in [9.17, 15) is 4.79 Å². The average molecular weight is 246 g/mol. The molecule has 1 heterocycles. The third-order valence-electron chi connectivity index (χ3n) is 2.29. The molecule has 0 bridgehead atoms. The molecule has 1 aromatic carbocycles. The molecular formula is C13H14N2OS. The van der Waals surface area contributed by atoms with Gasteiger partial charge >= 0.3 is 0 Å². The van der Waals surface area contributed by atoms with E-state index in [0.717, 1.165) is 22.5 Å². The van der Waals surface area contributed by atoms with Crippen LogP contribution in [0.4, 0.5) is 5.69 Å². The largest absolute Gasteiger partial charge is 0.320 e. The van der Waals surface area contributed by atoms with Crippen LogP contribution in [0.2, 0.25) is 0 Å². The van der Waals surface area contributed by atoms with Crippen molar-refractivity contribution in [1.29, 1.82) is 0 Å². The predicted octanol–water partition coefficient (Wildman–Crippen LogP) is 3.32. The second-order valence-electron chi connectivity index (χ2n) is 4.12. The van der Waals surface area contributed by atoms with Gasteiger partial charge in [0.1, 0.15) is 0 Å². The first-order valence-electron chi connectivity index (χ1n) is 5.36. The van der Waals surface area contributed by atoms with Crippen LogP contribution in [-0.2, 0) is 0 Å². The Kier molecular flexibility index (Phi) is 3.24. The van der Waals surface area contributed by atoms with Crippen LogP contribution in [0.15, 0.2) is 23.6 Å². The number of anilines is 1. The number of aryl methyl sites for hydroxylation is 3. The van der Waals surface area contributed by atoms with Crippen molar-refractivity contribution in [2.24, 2.45) is 0 Å². The van der Waals surface area contributed by atoms with Gasteiger partial charge in [0, 0.05) is 16.8 Å². The molecule has 1 N–H and O–H groups in total. The highest BCUT2D eigenvalue weighted by Crippen LogP contribution is 2.16. The topological polar surface area (TPSA) is 42.0 Å². The van der Waals surface area contributed by atoms with Gasteiger partial charge in [-0.05, 0) is 44.0 Å². The van der Waals surface area contributed by atoms with Crippen LogP contribution >= 0.6 is 11.3 Å². The third kappa shape index (κ3) is 2.91. The summed E-state index contributed by atoms with van der Waals surface area (Å²) in [6.07, 6.45) is 0. The van der Waals surface area contributed by atoms with E-state index in [0.29, 0.717) is 5.01 Å². The summed E-state index contributed by atoms with van der Waals surface area (Å²) >= 11 is 1.36. The summed E-state index contributed by atoms with van der Waals surface area (Å²) in [4.78, 5) is 16.0. The number of hydrogen-bond donors (Lipinski definition) is 1. The molecule has 2 aromatic rings. The van der Waals surface area contributed by atoms with E-state index in [1.807, 2.05) is 38.3 Å². The SMILES string of the molecule is Cc1cc(C)cc(NC(=O)c2nc(C)cs2)c1. The fourth-order valence-corrected chi connectivity index (χ4v) is 2.38. The number of hydrogen-bond acceptors (Lipinski definition) is 3. The van der Waals surface area contributed by atoms with E-state index < -0.39 is 0 Å². The number of nitrogens with one attached hydrogen (secondary N) is 1. The Morgan fingerprint density at radius 1 is 1.18 bits per heavy atom. The monoisotopic (exact) mass is 246 g/mol. The Morgan fingerprint density at radius 2 is 1.82 bits per heavy atom. The number of aromatic nitrogens is 1. The zero-order valence-electron chi connectivity index (χ0n) is 10.1. The number of amides is 1. The van der Waals surface area contributed by atoms with Gasteiger partial charge in [-0.15, -0.1) is 11.3 Å². The zero-order valence-corrected chi connectivity index (χ0v) is 10.9. The van der Waals surface area contributed by atoms with Crippen molar-refractivity contribution < 1.29 is 4.79 Å². The van der Waals surface area contributed by atoms with Crippen molar-refractivity contribution >= 4 is 22.9 Å². The Bertz CT molecular complexity index is 540. The molecule has 4 heteroatoms. The minimum atomic E-state index is -0.145. The Hall–Kier alpha value is -1.68. The Labute approximate surface area is 105 Å². The van der Waals surface area contributed by atoms with Crippen LogP contribution in [0, 0.1) is 20.8 Å². The molecule has 0 fully saturated rings. The zero-order chi connectivity index (χ0) is 12.4. The van der Waals surface area contributed by atoms with Gasteiger partial charge in [-0.3, -0.25) is 4.79 Å². The number of thiazole rings is 1. The van der Waals surface area contributed by atoms with Crippen molar-refractivity contribution in [3.63, 3.8) is 0 Å².